The average molecular weight is 568 g/mol. The minimum atomic E-state index is -0.0821. The van der Waals surface area contributed by atoms with Gasteiger partial charge in [-0.2, -0.15) is 0 Å². The van der Waals surface area contributed by atoms with Crippen LogP contribution in [0.4, 0.5) is 5.69 Å². The summed E-state index contributed by atoms with van der Waals surface area (Å²) in [5.74, 6) is 1.68. The van der Waals surface area contributed by atoms with Gasteiger partial charge in [-0.05, 0) is 55.3 Å². The van der Waals surface area contributed by atoms with E-state index in [0.717, 1.165) is 41.1 Å². The van der Waals surface area contributed by atoms with E-state index in [9.17, 15) is 9.59 Å². The van der Waals surface area contributed by atoms with Crippen LogP contribution in [0.5, 0.6) is 5.75 Å². The van der Waals surface area contributed by atoms with Gasteiger partial charge in [-0.1, -0.05) is 36.4 Å². The lowest BCUT2D eigenvalue weighted by Gasteiger charge is -2.28. The normalized spacial score (nSPS) is 14.6. The van der Waals surface area contributed by atoms with Crippen LogP contribution in [0.15, 0.2) is 77.2 Å². The first-order valence-corrected chi connectivity index (χ1v) is 14.4. The molecule has 218 valence electrons. The maximum atomic E-state index is 14.0. The van der Waals surface area contributed by atoms with Crippen LogP contribution in [0.1, 0.15) is 47.6 Å². The number of fused-ring (bicyclic) bond motifs is 1. The monoisotopic (exact) mass is 567 g/mol. The number of aryl methyl sites for hydroxylation is 1. The van der Waals surface area contributed by atoms with Crippen molar-refractivity contribution >= 4 is 17.5 Å². The van der Waals surface area contributed by atoms with Crippen LogP contribution in [0.2, 0.25) is 0 Å². The van der Waals surface area contributed by atoms with Crippen molar-refractivity contribution in [1.29, 1.82) is 0 Å². The Balaban J connectivity index is 1.44. The number of carbonyl (C=O) groups is 2. The maximum Gasteiger partial charge on any atom is 0.254 e. The van der Waals surface area contributed by atoms with Crippen molar-refractivity contribution in [2.45, 2.75) is 40.3 Å². The first-order chi connectivity index (χ1) is 20.4. The number of hydrogen-bond acceptors (Lipinski definition) is 7. The van der Waals surface area contributed by atoms with Gasteiger partial charge in [-0.3, -0.25) is 14.5 Å². The Morgan fingerprint density at radius 1 is 0.905 bits per heavy atom. The van der Waals surface area contributed by atoms with Crippen molar-refractivity contribution in [2.75, 3.05) is 37.7 Å². The standard InChI is InChI=1S/C33H37N5O4/c1-4-41-31-13-8-6-11-29(31)22-36-18-9-19-38(25(3)39)30-12-7-5-10-28(30)23-37(21-20-36)33(40)27-16-14-26(15-17-27)32-35-34-24(2)42-32/h5-8,10-17H,4,9,18-23H2,1-3H3. The predicted molar refractivity (Wildman–Crippen MR) is 161 cm³/mol. The van der Waals surface area contributed by atoms with Gasteiger partial charge in [0.2, 0.25) is 17.7 Å². The Kier molecular flexibility index (Phi) is 9.28. The van der Waals surface area contributed by atoms with Gasteiger partial charge in [0, 0.05) is 75.5 Å². The summed E-state index contributed by atoms with van der Waals surface area (Å²) in [6.45, 7) is 9.55. The fraction of sp³-hybridized carbons (Fsp3) is 0.333. The lowest BCUT2D eigenvalue weighted by atomic mass is 10.1. The molecular formula is C33H37N5O4. The van der Waals surface area contributed by atoms with Crippen LogP contribution in [0.25, 0.3) is 11.5 Å². The van der Waals surface area contributed by atoms with Crippen molar-refractivity contribution in [3.8, 4) is 17.2 Å². The Morgan fingerprint density at radius 3 is 2.40 bits per heavy atom. The molecule has 1 aliphatic heterocycles. The molecule has 42 heavy (non-hydrogen) atoms. The zero-order chi connectivity index (χ0) is 29.5. The number of carbonyl (C=O) groups excluding carboxylic acids is 2. The van der Waals surface area contributed by atoms with Crippen molar-refractivity contribution in [1.82, 2.24) is 20.0 Å². The Morgan fingerprint density at radius 2 is 1.67 bits per heavy atom. The van der Waals surface area contributed by atoms with Crippen molar-refractivity contribution in [3.05, 3.63) is 95.4 Å². The smallest absolute Gasteiger partial charge is 0.254 e. The Labute approximate surface area is 246 Å². The maximum absolute atomic E-state index is 14.0. The molecule has 9 nitrogen and oxygen atoms in total. The van der Waals surface area contributed by atoms with Gasteiger partial charge in [0.05, 0.1) is 6.61 Å². The molecule has 0 saturated heterocycles. The molecule has 9 heteroatoms. The quantitative estimate of drug-likeness (QED) is 0.310. The molecule has 3 aromatic carbocycles. The van der Waals surface area contributed by atoms with Crippen LogP contribution >= 0.6 is 0 Å². The van der Waals surface area contributed by atoms with Crippen molar-refractivity contribution < 1.29 is 18.7 Å². The summed E-state index contributed by atoms with van der Waals surface area (Å²) in [6.07, 6.45) is 0.801. The fourth-order valence-corrected chi connectivity index (χ4v) is 5.32. The average Bonchev–Trinajstić information content (AvgIpc) is 3.43. The van der Waals surface area contributed by atoms with Gasteiger partial charge in [-0.25, -0.2) is 0 Å². The van der Waals surface area contributed by atoms with Gasteiger partial charge < -0.3 is 19.0 Å². The number of benzene rings is 3. The van der Waals surface area contributed by atoms with Crippen molar-refractivity contribution in [3.63, 3.8) is 0 Å². The third kappa shape index (κ3) is 6.86. The predicted octanol–water partition coefficient (Wildman–Crippen LogP) is 5.34. The zero-order valence-corrected chi connectivity index (χ0v) is 24.5. The highest BCUT2D eigenvalue weighted by Gasteiger charge is 2.23. The molecule has 1 aliphatic rings. The summed E-state index contributed by atoms with van der Waals surface area (Å²) in [5, 5.41) is 7.98. The third-order valence-corrected chi connectivity index (χ3v) is 7.42. The number of rotatable bonds is 6. The number of para-hydroxylation sites is 2. The highest BCUT2D eigenvalue weighted by Crippen LogP contribution is 2.26. The van der Waals surface area contributed by atoms with E-state index < -0.39 is 0 Å². The molecule has 2 amide bonds. The van der Waals surface area contributed by atoms with E-state index in [0.29, 0.717) is 56.7 Å². The molecule has 0 radical (unpaired) electrons. The number of ether oxygens (including phenoxy) is 1. The molecule has 0 fully saturated rings. The number of hydrogen-bond donors (Lipinski definition) is 0. The van der Waals surface area contributed by atoms with Crippen molar-refractivity contribution in [2.24, 2.45) is 0 Å². The molecule has 0 saturated carbocycles. The fourth-order valence-electron chi connectivity index (χ4n) is 5.32. The minimum absolute atomic E-state index is 0.0142. The lowest BCUT2D eigenvalue weighted by Crippen LogP contribution is -2.38. The van der Waals surface area contributed by atoms with E-state index >= 15 is 0 Å². The summed E-state index contributed by atoms with van der Waals surface area (Å²) in [6, 6.07) is 23.2. The highest BCUT2D eigenvalue weighted by molar-refractivity contribution is 5.95. The molecule has 0 atom stereocenters. The first-order valence-electron chi connectivity index (χ1n) is 14.4. The first kappa shape index (κ1) is 29.0. The Bertz CT molecular complexity index is 1520. The van der Waals surface area contributed by atoms with Gasteiger partial charge in [0.1, 0.15) is 5.75 Å². The zero-order valence-electron chi connectivity index (χ0n) is 24.5. The van der Waals surface area contributed by atoms with Crippen LogP contribution in [0, 0.1) is 6.92 Å². The second kappa shape index (κ2) is 13.4. The number of amides is 2. The molecule has 0 aliphatic carbocycles. The SMILES string of the molecule is CCOc1ccccc1CN1CCCN(C(C)=O)c2ccccc2CN(C(=O)c2ccc(-c3nnc(C)o3)cc2)CC1. The van der Waals surface area contributed by atoms with Gasteiger partial charge in [-0.15, -0.1) is 10.2 Å². The molecule has 0 spiro atoms. The highest BCUT2D eigenvalue weighted by atomic mass is 16.5. The van der Waals surface area contributed by atoms with Gasteiger partial charge in [0.15, 0.2) is 0 Å². The van der Waals surface area contributed by atoms with E-state index in [-0.39, 0.29) is 11.8 Å². The van der Waals surface area contributed by atoms with Crippen LogP contribution in [0.3, 0.4) is 0 Å². The summed E-state index contributed by atoms with van der Waals surface area (Å²) < 4.78 is 11.4. The van der Waals surface area contributed by atoms with Crippen LogP contribution < -0.4 is 9.64 Å². The van der Waals surface area contributed by atoms with Crippen LogP contribution in [-0.4, -0.2) is 64.6 Å². The van der Waals surface area contributed by atoms with Crippen LogP contribution in [-0.2, 0) is 17.9 Å². The van der Waals surface area contributed by atoms with Gasteiger partial charge in [0.25, 0.3) is 5.91 Å². The number of aromatic nitrogens is 2. The van der Waals surface area contributed by atoms with E-state index in [1.807, 2.05) is 71.3 Å². The van der Waals surface area contributed by atoms with E-state index in [1.54, 1.807) is 26.0 Å². The lowest BCUT2D eigenvalue weighted by molar-refractivity contribution is -0.116. The van der Waals surface area contributed by atoms with E-state index in [1.165, 1.54) is 0 Å². The molecule has 2 heterocycles. The molecule has 4 aromatic rings. The molecule has 1 aromatic heterocycles. The second-order valence-corrected chi connectivity index (χ2v) is 10.4. The molecular weight excluding hydrogens is 530 g/mol. The molecule has 0 unspecified atom stereocenters. The minimum Gasteiger partial charge on any atom is -0.494 e. The molecule has 0 N–H and O–H groups in total. The summed E-state index contributed by atoms with van der Waals surface area (Å²) >= 11 is 0. The number of anilines is 1. The van der Waals surface area contributed by atoms with E-state index in [4.69, 9.17) is 9.15 Å². The summed E-state index contributed by atoms with van der Waals surface area (Å²) in [7, 11) is 0. The molecule has 0 bridgehead atoms. The third-order valence-electron chi connectivity index (χ3n) is 7.42. The largest absolute Gasteiger partial charge is 0.494 e. The number of nitrogens with zero attached hydrogens (tertiary/aromatic N) is 5. The topological polar surface area (TPSA) is 92.0 Å². The van der Waals surface area contributed by atoms with E-state index in [2.05, 4.69) is 21.2 Å². The summed E-state index contributed by atoms with van der Waals surface area (Å²) in [4.78, 5) is 32.8. The molecule has 5 rings (SSSR count). The second-order valence-electron chi connectivity index (χ2n) is 10.4. The van der Waals surface area contributed by atoms with Gasteiger partial charge >= 0.3 is 0 Å². The Hall–Kier alpha value is -4.50. The summed E-state index contributed by atoms with van der Waals surface area (Å²) in [5.41, 5.74) is 4.21.